The first-order valence-electron chi connectivity index (χ1n) is 9.42. The van der Waals surface area contributed by atoms with Crippen LogP contribution in [0.3, 0.4) is 0 Å². The van der Waals surface area contributed by atoms with Crippen molar-refractivity contribution in [3.05, 3.63) is 65.7 Å². The van der Waals surface area contributed by atoms with Crippen molar-refractivity contribution in [3.63, 3.8) is 0 Å². The number of hydrogen-bond acceptors (Lipinski definition) is 3. The van der Waals surface area contributed by atoms with Gasteiger partial charge in [0.2, 0.25) is 0 Å². The van der Waals surface area contributed by atoms with Gasteiger partial charge in [0.25, 0.3) is 0 Å². The number of ether oxygens (including phenoxy) is 1. The molecular formula is C22H32N2O. The van der Waals surface area contributed by atoms with E-state index in [1.807, 2.05) is 12.1 Å². The Labute approximate surface area is 153 Å². The van der Waals surface area contributed by atoms with Crippen molar-refractivity contribution >= 4 is 0 Å². The maximum absolute atomic E-state index is 5.42. The van der Waals surface area contributed by atoms with Crippen LogP contribution < -0.4 is 10.1 Å². The number of nitrogens with one attached hydrogen (secondary N) is 1. The van der Waals surface area contributed by atoms with Crippen LogP contribution >= 0.6 is 0 Å². The van der Waals surface area contributed by atoms with Crippen LogP contribution in [0.2, 0.25) is 0 Å². The second-order valence-corrected chi connectivity index (χ2v) is 6.43. The Kier molecular flexibility index (Phi) is 9.09. The summed E-state index contributed by atoms with van der Waals surface area (Å²) < 4.78 is 5.42. The van der Waals surface area contributed by atoms with Crippen molar-refractivity contribution < 1.29 is 4.74 Å². The van der Waals surface area contributed by atoms with E-state index in [1.165, 1.54) is 30.5 Å². The summed E-state index contributed by atoms with van der Waals surface area (Å²) in [6, 6.07) is 19.0. The molecule has 3 heteroatoms. The number of nitrogens with zero attached hydrogens (tertiary/aromatic N) is 1. The summed E-state index contributed by atoms with van der Waals surface area (Å²) in [5, 5.41) is 3.58. The largest absolute Gasteiger partial charge is 0.496 e. The Balaban J connectivity index is 1.72. The van der Waals surface area contributed by atoms with Gasteiger partial charge in [-0.05, 0) is 43.1 Å². The molecule has 2 aromatic carbocycles. The maximum atomic E-state index is 5.42. The lowest BCUT2D eigenvalue weighted by Crippen LogP contribution is -2.33. The highest BCUT2D eigenvalue weighted by Gasteiger charge is 2.06. The van der Waals surface area contributed by atoms with Crippen molar-refractivity contribution in [2.24, 2.45) is 0 Å². The van der Waals surface area contributed by atoms with Gasteiger partial charge in [0, 0.05) is 19.6 Å². The molecule has 2 aromatic rings. The lowest BCUT2D eigenvalue weighted by Gasteiger charge is -2.22. The molecule has 0 aliphatic carbocycles. The van der Waals surface area contributed by atoms with Gasteiger partial charge in [-0.15, -0.1) is 0 Å². The number of unbranched alkanes of at least 4 members (excludes halogenated alkanes) is 1. The van der Waals surface area contributed by atoms with E-state index < -0.39 is 0 Å². The average molecular weight is 341 g/mol. The fourth-order valence-corrected chi connectivity index (χ4v) is 2.99. The summed E-state index contributed by atoms with van der Waals surface area (Å²) >= 11 is 0. The molecule has 0 aromatic heterocycles. The Morgan fingerprint density at radius 3 is 2.44 bits per heavy atom. The third kappa shape index (κ3) is 7.29. The minimum Gasteiger partial charge on any atom is -0.496 e. The summed E-state index contributed by atoms with van der Waals surface area (Å²) in [6.45, 7) is 7.54. The number of rotatable bonds is 12. The fourth-order valence-electron chi connectivity index (χ4n) is 2.99. The van der Waals surface area contributed by atoms with E-state index in [9.17, 15) is 0 Å². The molecule has 0 atom stereocenters. The highest BCUT2D eigenvalue weighted by molar-refractivity contribution is 5.33. The monoisotopic (exact) mass is 340 g/mol. The molecule has 0 aliphatic heterocycles. The fraction of sp³-hybridized carbons (Fsp3) is 0.455. The molecule has 0 radical (unpaired) electrons. The maximum Gasteiger partial charge on any atom is 0.122 e. The zero-order chi connectivity index (χ0) is 17.7. The molecule has 0 saturated carbocycles. The van der Waals surface area contributed by atoms with Crippen molar-refractivity contribution in [1.29, 1.82) is 0 Å². The SMILES string of the molecule is CCCCN(CCNCCc1ccccc1OC)Cc1ccccc1. The zero-order valence-electron chi connectivity index (χ0n) is 15.7. The molecule has 3 nitrogen and oxygen atoms in total. The topological polar surface area (TPSA) is 24.5 Å². The van der Waals surface area contributed by atoms with Gasteiger partial charge >= 0.3 is 0 Å². The normalized spacial score (nSPS) is 11.0. The molecule has 25 heavy (non-hydrogen) atoms. The molecule has 0 saturated heterocycles. The van der Waals surface area contributed by atoms with Crippen LogP contribution in [0.15, 0.2) is 54.6 Å². The van der Waals surface area contributed by atoms with Crippen LogP contribution in [0, 0.1) is 0 Å². The zero-order valence-corrected chi connectivity index (χ0v) is 15.7. The van der Waals surface area contributed by atoms with Gasteiger partial charge in [-0.25, -0.2) is 0 Å². The molecular weight excluding hydrogens is 308 g/mol. The third-order valence-electron chi connectivity index (χ3n) is 4.45. The van der Waals surface area contributed by atoms with E-state index in [-0.39, 0.29) is 0 Å². The molecule has 2 rings (SSSR count). The van der Waals surface area contributed by atoms with Crippen LogP contribution in [0.4, 0.5) is 0 Å². The molecule has 1 N–H and O–H groups in total. The van der Waals surface area contributed by atoms with E-state index in [0.29, 0.717) is 0 Å². The van der Waals surface area contributed by atoms with Crippen LogP contribution in [0.1, 0.15) is 30.9 Å². The summed E-state index contributed by atoms with van der Waals surface area (Å²) in [4.78, 5) is 2.55. The van der Waals surface area contributed by atoms with Gasteiger partial charge in [0.15, 0.2) is 0 Å². The van der Waals surface area contributed by atoms with Gasteiger partial charge in [0.05, 0.1) is 7.11 Å². The molecule has 0 unspecified atom stereocenters. The predicted octanol–water partition coefficient (Wildman–Crippen LogP) is 4.13. The molecule has 0 spiro atoms. The molecule has 0 fully saturated rings. The second-order valence-electron chi connectivity index (χ2n) is 6.43. The molecule has 0 bridgehead atoms. The molecule has 0 aliphatic rings. The van der Waals surface area contributed by atoms with Gasteiger partial charge in [-0.2, -0.15) is 0 Å². The number of para-hydroxylation sites is 1. The highest BCUT2D eigenvalue weighted by atomic mass is 16.5. The van der Waals surface area contributed by atoms with Gasteiger partial charge < -0.3 is 10.1 Å². The number of methoxy groups -OCH3 is 1. The van der Waals surface area contributed by atoms with Crippen molar-refractivity contribution in [2.75, 3.05) is 33.3 Å². The Hall–Kier alpha value is -1.84. The molecule has 136 valence electrons. The van der Waals surface area contributed by atoms with Crippen molar-refractivity contribution in [3.8, 4) is 5.75 Å². The number of benzene rings is 2. The first-order chi connectivity index (χ1) is 12.3. The van der Waals surface area contributed by atoms with Crippen LogP contribution in [-0.4, -0.2) is 38.2 Å². The second kappa shape index (κ2) is 11.7. The summed E-state index contributed by atoms with van der Waals surface area (Å²) in [7, 11) is 1.74. The Bertz CT molecular complexity index is 586. The van der Waals surface area contributed by atoms with Crippen molar-refractivity contribution in [2.45, 2.75) is 32.7 Å². The standard InChI is InChI=1S/C22H32N2O/c1-3-4-17-24(19-20-10-6-5-7-11-20)18-16-23-15-14-21-12-8-9-13-22(21)25-2/h5-13,23H,3-4,14-19H2,1-2H3. The first kappa shape index (κ1) is 19.5. The van der Waals surface area contributed by atoms with Crippen LogP contribution in [0.25, 0.3) is 0 Å². The lowest BCUT2D eigenvalue weighted by molar-refractivity contribution is 0.261. The van der Waals surface area contributed by atoms with Crippen LogP contribution in [0.5, 0.6) is 5.75 Å². The first-order valence-corrected chi connectivity index (χ1v) is 9.42. The smallest absolute Gasteiger partial charge is 0.122 e. The minimum atomic E-state index is 0.979. The Morgan fingerprint density at radius 1 is 0.920 bits per heavy atom. The third-order valence-corrected chi connectivity index (χ3v) is 4.45. The van der Waals surface area contributed by atoms with Gasteiger partial charge in [-0.3, -0.25) is 4.90 Å². The lowest BCUT2D eigenvalue weighted by atomic mass is 10.1. The summed E-state index contributed by atoms with van der Waals surface area (Å²) in [5.41, 5.74) is 2.66. The quantitative estimate of drug-likeness (QED) is 0.588. The summed E-state index contributed by atoms with van der Waals surface area (Å²) in [5.74, 6) is 0.984. The van der Waals surface area contributed by atoms with Gasteiger partial charge in [-0.1, -0.05) is 61.9 Å². The van der Waals surface area contributed by atoms with E-state index in [1.54, 1.807) is 7.11 Å². The molecule has 0 heterocycles. The van der Waals surface area contributed by atoms with Crippen molar-refractivity contribution in [1.82, 2.24) is 10.2 Å². The highest BCUT2D eigenvalue weighted by Crippen LogP contribution is 2.17. The predicted molar refractivity (Wildman–Crippen MR) is 106 cm³/mol. The summed E-state index contributed by atoms with van der Waals surface area (Å²) in [6.07, 6.45) is 3.50. The van der Waals surface area contributed by atoms with E-state index in [4.69, 9.17) is 4.74 Å². The molecule has 0 amide bonds. The van der Waals surface area contributed by atoms with Crippen LogP contribution in [-0.2, 0) is 13.0 Å². The van der Waals surface area contributed by atoms with Gasteiger partial charge in [0.1, 0.15) is 5.75 Å². The number of hydrogen-bond donors (Lipinski definition) is 1. The average Bonchev–Trinajstić information content (AvgIpc) is 2.66. The minimum absolute atomic E-state index is 0.979. The van der Waals surface area contributed by atoms with E-state index >= 15 is 0 Å². The van der Waals surface area contributed by atoms with E-state index in [0.717, 1.165) is 38.3 Å². The van der Waals surface area contributed by atoms with E-state index in [2.05, 4.69) is 59.6 Å². The Morgan fingerprint density at radius 2 is 1.68 bits per heavy atom.